The SMILES string of the molecule is CCNC(=NCC(=O)N(C)C)NC(C)c1ccc(F)c(F)c1. The van der Waals surface area contributed by atoms with Crippen molar-refractivity contribution >= 4 is 11.9 Å². The summed E-state index contributed by atoms with van der Waals surface area (Å²) in [6, 6.07) is 3.44. The highest BCUT2D eigenvalue weighted by atomic mass is 19.2. The number of benzene rings is 1. The Balaban J connectivity index is 2.78. The Morgan fingerprint density at radius 2 is 2.00 bits per heavy atom. The largest absolute Gasteiger partial charge is 0.357 e. The van der Waals surface area contributed by atoms with Crippen LogP contribution in [0.25, 0.3) is 0 Å². The van der Waals surface area contributed by atoms with Crippen molar-refractivity contribution in [3.05, 3.63) is 35.4 Å². The molecule has 0 saturated heterocycles. The molecule has 7 heteroatoms. The normalized spacial score (nSPS) is 12.7. The summed E-state index contributed by atoms with van der Waals surface area (Å²) in [5.74, 6) is -1.46. The quantitative estimate of drug-likeness (QED) is 0.642. The van der Waals surface area contributed by atoms with E-state index < -0.39 is 11.6 Å². The molecule has 0 aromatic heterocycles. The zero-order valence-electron chi connectivity index (χ0n) is 13.3. The molecule has 0 heterocycles. The minimum absolute atomic E-state index is 0.00678. The van der Waals surface area contributed by atoms with Crippen molar-refractivity contribution in [2.45, 2.75) is 19.9 Å². The molecule has 2 N–H and O–H groups in total. The Morgan fingerprint density at radius 1 is 1.32 bits per heavy atom. The zero-order chi connectivity index (χ0) is 16.7. The van der Waals surface area contributed by atoms with Crippen LogP contribution in [0.15, 0.2) is 23.2 Å². The molecular weight excluding hydrogens is 290 g/mol. The molecule has 1 amide bonds. The van der Waals surface area contributed by atoms with Gasteiger partial charge in [-0.2, -0.15) is 0 Å². The van der Waals surface area contributed by atoms with Gasteiger partial charge < -0.3 is 15.5 Å². The summed E-state index contributed by atoms with van der Waals surface area (Å²) in [6.07, 6.45) is 0. The molecule has 0 bridgehead atoms. The molecule has 0 radical (unpaired) electrons. The Labute approximate surface area is 129 Å². The second-order valence-electron chi connectivity index (χ2n) is 5.02. The Bertz CT molecular complexity index is 546. The van der Waals surface area contributed by atoms with Crippen LogP contribution in [0.2, 0.25) is 0 Å². The van der Waals surface area contributed by atoms with E-state index in [1.165, 1.54) is 11.0 Å². The monoisotopic (exact) mass is 312 g/mol. The van der Waals surface area contributed by atoms with Gasteiger partial charge in [-0.1, -0.05) is 6.07 Å². The summed E-state index contributed by atoms with van der Waals surface area (Å²) in [4.78, 5) is 17.2. The van der Waals surface area contributed by atoms with E-state index in [2.05, 4.69) is 15.6 Å². The topological polar surface area (TPSA) is 56.7 Å². The van der Waals surface area contributed by atoms with Gasteiger partial charge in [0.15, 0.2) is 17.6 Å². The molecular formula is C15H22F2N4O. The molecule has 1 atom stereocenters. The third kappa shape index (κ3) is 5.31. The molecule has 0 fully saturated rings. The number of amides is 1. The van der Waals surface area contributed by atoms with Gasteiger partial charge in [-0.15, -0.1) is 0 Å². The Kier molecular flexibility index (Phi) is 6.75. The van der Waals surface area contributed by atoms with Crippen LogP contribution in [-0.2, 0) is 4.79 Å². The molecule has 1 aromatic rings. The van der Waals surface area contributed by atoms with E-state index in [1.807, 2.05) is 6.92 Å². The lowest BCUT2D eigenvalue weighted by atomic mass is 10.1. The van der Waals surface area contributed by atoms with Crippen LogP contribution in [0.5, 0.6) is 0 Å². The number of nitrogens with zero attached hydrogens (tertiary/aromatic N) is 2. The number of hydrogen-bond acceptors (Lipinski definition) is 2. The molecule has 1 rings (SSSR count). The highest BCUT2D eigenvalue weighted by molar-refractivity contribution is 5.84. The fraction of sp³-hybridized carbons (Fsp3) is 0.467. The molecule has 0 aliphatic rings. The first-order valence-corrected chi connectivity index (χ1v) is 7.05. The molecule has 1 unspecified atom stereocenters. The van der Waals surface area contributed by atoms with Crippen molar-refractivity contribution < 1.29 is 13.6 Å². The number of aliphatic imine (C=N–C) groups is 1. The lowest BCUT2D eigenvalue weighted by molar-refractivity contribution is -0.127. The number of carbonyl (C=O) groups excluding carboxylic acids is 1. The number of guanidine groups is 1. The maximum atomic E-state index is 13.3. The number of halogens is 2. The van der Waals surface area contributed by atoms with Crippen LogP contribution < -0.4 is 10.6 Å². The van der Waals surface area contributed by atoms with E-state index in [4.69, 9.17) is 0 Å². The maximum Gasteiger partial charge on any atom is 0.243 e. The van der Waals surface area contributed by atoms with E-state index in [0.717, 1.165) is 12.1 Å². The predicted octanol–water partition coefficient (Wildman–Crippen LogP) is 1.67. The molecule has 0 aliphatic carbocycles. The van der Waals surface area contributed by atoms with E-state index in [0.29, 0.717) is 18.1 Å². The standard InChI is InChI=1S/C15H22F2N4O/c1-5-18-15(19-9-14(22)21(3)4)20-10(2)11-6-7-12(16)13(17)8-11/h6-8,10H,5,9H2,1-4H3,(H2,18,19,20). The third-order valence-corrected chi connectivity index (χ3v) is 3.01. The zero-order valence-corrected chi connectivity index (χ0v) is 13.3. The fourth-order valence-corrected chi connectivity index (χ4v) is 1.68. The van der Waals surface area contributed by atoms with E-state index in [1.54, 1.807) is 21.0 Å². The minimum Gasteiger partial charge on any atom is -0.357 e. The van der Waals surface area contributed by atoms with Crippen molar-refractivity contribution in [1.82, 2.24) is 15.5 Å². The lowest BCUT2D eigenvalue weighted by Gasteiger charge is -2.18. The minimum atomic E-state index is -0.893. The van der Waals surface area contributed by atoms with Gasteiger partial charge in [0, 0.05) is 20.6 Å². The van der Waals surface area contributed by atoms with Crippen molar-refractivity contribution in [2.75, 3.05) is 27.2 Å². The third-order valence-electron chi connectivity index (χ3n) is 3.01. The number of rotatable bonds is 5. The average molecular weight is 312 g/mol. The van der Waals surface area contributed by atoms with Gasteiger partial charge in [0.1, 0.15) is 6.54 Å². The van der Waals surface area contributed by atoms with Gasteiger partial charge in [0.05, 0.1) is 6.04 Å². The summed E-state index contributed by atoms with van der Waals surface area (Å²) in [6.45, 7) is 4.32. The second-order valence-corrected chi connectivity index (χ2v) is 5.02. The molecule has 0 saturated carbocycles. The summed E-state index contributed by atoms with van der Waals surface area (Å²) in [5.41, 5.74) is 0.587. The average Bonchev–Trinajstić information content (AvgIpc) is 2.47. The predicted molar refractivity (Wildman–Crippen MR) is 82.6 cm³/mol. The van der Waals surface area contributed by atoms with Gasteiger partial charge in [-0.3, -0.25) is 4.79 Å². The number of carbonyl (C=O) groups is 1. The Morgan fingerprint density at radius 3 is 2.55 bits per heavy atom. The first kappa shape index (κ1) is 17.9. The molecule has 5 nitrogen and oxygen atoms in total. The molecule has 0 spiro atoms. The van der Waals surface area contributed by atoms with Gasteiger partial charge in [0.25, 0.3) is 0 Å². The summed E-state index contributed by atoms with van der Waals surface area (Å²) < 4.78 is 26.2. The summed E-state index contributed by atoms with van der Waals surface area (Å²) >= 11 is 0. The van der Waals surface area contributed by atoms with Crippen molar-refractivity contribution in [3.63, 3.8) is 0 Å². The summed E-state index contributed by atoms with van der Waals surface area (Å²) in [5, 5.41) is 6.06. The van der Waals surface area contributed by atoms with Crippen LogP contribution in [-0.4, -0.2) is 44.0 Å². The van der Waals surface area contributed by atoms with Gasteiger partial charge in [-0.25, -0.2) is 13.8 Å². The van der Waals surface area contributed by atoms with Gasteiger partial charge in [-0.05, 0) is 31.5 Å². The highest BCUT2D eigenvalue weighted by Crippen LogP contribution is 2.15. The first-order chi connectivity index (χ1) is 10.3. The van der Waals surface area contributed by atoms with Gasteiger partial charge in [0.2, 0.25) is 5.91 Å². The smallest absolute Gasteiger partial charge is 0.243 e. The fourth-order valence-electron chi connectivity index (χ4n) is 1.68. The second kappa shape index (κ2) is 8.31. The number of likely N-dealkylation sites (N-methyl/N-ethyl adjacent to an activating group) is 1. The highest BCUT2D eigenvalue weighted by Gasteiger charge is 2.11. The number of nitrogens with one attached hydrogen (secondary N) is 2. The van der Waals surface area contributed by atoms with Crippen LogP contribution in [0.3, 0.4) is 0 Å². The lowest BCUT2D eigenvalue weighted by Crippen LogP contribution is -2.39. The van der Waals surface area contributed by atoms with Crippen LogP contribution >= 0.6 is 0 Å². The van der Waals surface area contributed by atoms with Crippen LogP contribution in [0, 0.1) is 11.6 Å². The molecule has 122 valence electrons. The van der Waals surface area contributed by atoms with Crippen molar-refractivity contribution in [3.8, 4) is 0 Å². The van der Waals surface area contributed by atoms with E-state index in [-0.39, 0.29) is 18.5 Å². The van der Waals surface area contributed by atoms with Crippen molar-refractivity contribution in [2.24, 2.45) is 4.99 Å². The maximum absolute atomic E-state index is 13.3. The molecule has 22 heavy (non-hydrogen) atoms. The van der Waals surface area contributed by atoms with E-state index >= 15 is 0 Å². The summed E-state index contributed by atoms with van der Waals surface area (Å²) in [7, 11) is 3.31. The first-order valence-electron chi connectivity index (χ1n) is 7.05. The van der Waals surface area contributed by atoms with Gasteiger partial charge >= 0.3 is 0 Å². The molecule has 0 aliphatic heterocycles. The van der Waals surface area contributed by atoms with E-state index in [9.17, 15) is 13.6 Å². The van der Waals surface area contributed by atoms with Crippen LogP contribution in [0.1, 0.15) is 25.5 Å². The van der Waals surface area contributed by atoms with Crippen molar-refractivity contribution in [1.29, 1.82) is 0 Å². The molecule has 1 aromatic carbocycles. The Hall–Kier alpha value is -2.18. The van der Waals surface area contributed by atoms with Crippen LogP contribution in [0.4, 0.5) is 8.78 Å². The number of hydrogen-bond donors (Lipinski definition) is 2.